The van der Waals surface area contributed by atoms with Crippen LogP contribution in [0.25, 0.3) is 0 Å². The molecule has 1 aromatic carbocycles. The summed E-state index contributed by atoms with van der Waals surface area (Å²) >= 11 is 0. The fraction of sp³-hybridized carbons (Fsp3) is 0.458. The molecule has 2 heterocycles. The van der Waals surface area contributed by atoms with Crippen LogP contribution >= 0.6 is 0 Å². The number of likely N-dealkylation sites (N-methyl/N-ethyl adjacent to an activating group) is 1. The zero-order valence-electron chi connectivity index (χ0n) is 18.5. The zero-order valence-corrected chi connectivity index (χ0v) is 18.5. The molecule has 8 nitrogen and oxygen atoms in total. The average molecular weight is 439 g/mol. The Balaban J connectivity index is 1.52. The molecule has 2 aromatic rings. The van der Waals surface area contributed by atoms with Crippen LogP contribution in [0, 0.1) is 0 Å². The van der Waals surface area contributed by atoms with E-state index in [1.54, 1.807) is 36.3 Å². The Hall–Kier alpha value is -3.13. The summed E-state index contributed by atoms with van der Waals surface area (Å²) < 4.78 is 12.0. The smallest absolute Gasteiger partial charge is 0.259 e. The normalized spacial score (nSPS) is 18.3. The number of benzene rings is 1. The molecule has 1 saturated carbocycles. The summed E-state index contributed by atoms with van der Waals surface area (Å²) in [6.07, 6.45) is 6.05. The number of para-hydroxylation sites is 2. The summed E-state index contributed by atoms with van der Waals surface area (Å²) in [5.74, 6) is 1.15. The molecule has 1 N–H and O–H groups in total. The van der Waals surface area contributed by atoms with E-state index < -0.39 is 0 Å². The lowest BCUT2D eigenvalue weighted by atomic mass is 10.2. The maximum atomic E-state index is 13.1. The van der Waals surface area contributed by atoms with Gasteiger partial charge in [-0.25, -0.2) is 4.98 Å². The molecule has 1 aromatic heterocycles. The number of carbonyl (C=O) groups is 2. The van der Waals surface area contributed by atoms with Crippen molar-refractivity contribution in [3.8, 4) is 17.4 Å². The lowest BCUT2D eigenvalue weighted by Crippen LogP contribution is -2.45. The van der Waals surface area contributed by atoms with Gasteiger partial charge in [0.15, 0.2) is 11.5 Å². The van der Waals surface area contributed by atoms with E-state index in [4.69, 9.17) is 9.47 Å². The van der Waals surface area contributed by atoms with Crippen LogP contribution in [0.15, 0.2) is 42.6 Å². The van der Waals surface area contributed by atoms with E-state index in [9.17, 15) is 9.59 Å². The largest absolute Gasteiger partial charge is 0.488 e. The molecule has 8 heteroatoms. The predicted molar refractivity (Wildman–Crippen MR) is 120 cm³/mol. The monoisotopic (exact) mass is 438 g/mol. The summed E-state index contributed by atoms with van der Waals surface area (Å²) in [6.45, 7) is 2.25. The lowest BCUT2D eigenvalue weighted by molar-refractivity contribution is -0.123. The Morgan fingerprint density at radius 3 is 2.69 bits per heavy atom. The maximum absolute atomic E-state index is 13.1. The minimum atomic E-state index is -0.180. The molecule has 170 valence electrons. The Morgan fingerprint density at radius 2 is 1.88 bits per heavy atom. The van der Waals surface area contributed by atoms with Gasteiger partial charge < -0.3 is 19.7 Å². The van der Waals surface area contributed by atoms with Gasteiger partial charge in [0.05, 0.1) is 6.54 Å². The van der Waals surface area contributed by atoms with E-state index in [0.717, 1.165) is 12.8 Å². The van der Waals surface area contributed by atoms with Crippen LogP contribution in [0.4, 0.5) is 0 Å². The van der Waals surface area contributed by atoms with E-state index >= 15 is 0 Å². The van der Waals surface area contributed by atoms with Gasteiger partial charge in [-0.15, -0.1) is 0 Å². The van der Waals surface area contributed by atoms with Gasteiger partial charge in [0.25, 0.3) is 5.91 Å². The van der Waals surface area contributed by atoms with Crippen molar-refractivity contribution in [3.05, 3.63) is 48.2 Å². The maximum Gasteiger partial charge on any atom is 0.259 e. The highest BCUT2D eigenvalue weighted by Crippen LogP contribution is 2.32. The van der Waals surface area contributed by atoms with Crippen molar-refractivity contribution in [1.82, 2.24) is 20.1 Å². The standard InChI is InChI=1S/C24H30N4O4/c1-27-13-14-28(17-22(29)26-18-7-2-3-8-18)15-16-31-20-10-4-5-11-21(20)32-23-19(24(27)30)9-6-12-25-23/h4-6,9-12,18H,2-3,7-8,13-17H2,1H3,(H,26,29). The molecule has 0 radical (unpaired) electrons. The van der Waals surface area contributed by atoms with Gasteiger partial charge in [-0.3, -0.25) is 14.5 Å². The minimum absolute atomic E-state index is 0.0217. The molecule has 1 aliphatic carbocycles. The highest BCUT2D eigenvalue weighted by Gasteiger charge is 2.22. The number of amides is 2. The fourth-order valence-electron chi connectivity index (χ4n) is 4.09. The third kappa shape index (κ3) is 5.56. The molecule has 0 atom stereocenters. The highest BCUT2D eigenvalue weighted by molar-refractivity contribution is 5.96. The molecule has 1 aliphatic heterocycles. The van der Waals surface area contributed by atoms with Crippen LogP contribution in [0.3, 0.4) is 0 Å². The van der Waals surface area contributed by atoms with Crippen LogP contribution in [-0.2, 0) is 4.79 Å². The third-order valence-electron chi connectivity index (χ3n) is 5.91. The third-order valence-corrected chi connectivity index (χ3v) is 5.91. The summed E-state index contributed by atoms with van der Waals surface area (Å²) in [5, 5.41) is 3.14. The Morgan fingerprint density at radius 1 is 1.09 bits per heavy atom. The lowest BCUT2D eigenvalue weighted by Gasteiger charge is -2.25. The number of pyridine rings is 1. The first-order chi connectivity index (χ1) is 15.6. The topological polar surface area (TPSA) is 84.0 Å². The molecule has 4 rings (SSSR count). The number of nitrogens with zero attached hydrogens (tertiary/aromatic N) is 3. The molecule has 0 bridgehead atoms. The quantitative estimate of drug-likeness (QED) is 0.793. The molecular formula is C24H30N4O4. The van der Waals surface area contributed by atoms with E-state index in [2.05, 4.69) is 10.3 Å². The number of carbonyl (C=O) groups excluding carboxylic acids is 2. The van der Waals surface area contributed by atoms with Gasteiger partial charge in [-0.2, -0.15) is 0 Å². The minimum Gasteiger partial charge on any atom is -0.488 e. The van der Waals surface area contributed by atoms with Gasteiger partial charge in [0.2, 0.25) is 11.8 Å². The first-order valence-corrected chi connectivity index (χ1v) is 11.2. The van der Waals surface area contributed by atoms with Crippen molar-refractivity contribution in [2.45, 2.75) is 31.7 Å². The highest BCUT2D eigenvalue weighted by atomic mass is 16.5. The van der Waals surface area contributed by atoms with Crippen molar-refractivity contribution in [2.75, 3.05) is 39.8 Å². The van der Waals surface area contributed by atoms with E-state index in [1.807, 2.05) is 23.1 Å². The van der Waals surface area contributed by atoms with Crippen LogP contribution in [0.5, 0.6) is 17.4 Å². The van der Waals surface area contributed by atoms with Gasteiger partial charge in [0.1, 0.15) is 12.2 Å². The van der Waals surface area contributed by atoms with Crippen molar-refractivity contribution >= 4 is 11.8 Å². The Bertz CT molecular complexity index is 945. The van der Waals surface area contributed by atoms with Crippen molar-refractivity contribution in [1.29, 1.82) is 0 Å². The first kappa shape index (κ1) is 22.1. The molecule has 2 amide bonds. The number of ether oxygens (including phenoxy) is 2. The van der Waals surface area contributed by atoms with Crippen LogP contribution in [0.1, 0.15) is 36.0 Å². The summed E-state index contributed by atoms with van der Waals surface area (Å²) in [7, 11) is 1.75. The SMILES string of the molecule is CN1CCN(CC(=O)NC2CCCC2)CCOc2ccccc2Oc2ncccc2C1=O. The Kier molecular flexibility index (Phi) is 7.21. The Labute approximate surface area is 188 Å². The van der Waals surface area contributed by atoms with Crippen LogP contribution in [-0.4, -0.2) is 72.5 Å². The second kappa shape index (κ2) is 10.5. The first-order valence-electron chi connectivity index (χ1n) is 11.2. The second-order valence-corrected chi connectivity index (χ2v) is 8.31. The molecule has 32 heavy (non-hydrogen) atoms. The number of hydrogen-bond acceptors (Lipinski definition) is 6. The van der Waals surface area contributed by atoms with Gasteiger partial charge in [-0.05, 0) is 37.1 Å². The summed E-state index contributed by atoms with van der Waals surface area (Å²) in [5.41, 5.74) is 0.384. The molecule has 2 aliphatic rings. The molecule has 0 saturated heterocycles. The van der Waals surface area contributed by atoms with Crippen molar-refractivity contribution < 1.29 is 19.1 Å². The van der Waals surface area contributed by atoms with E-state index in [0.29, 0.717) is 43.3 Å². The van der Waals surface area contributed by atoms with Crippen molar-refractivity contribution in [3.63, 3.8) is 0 Å². The second-order valence-electron chi connectivity index (χ2n) is 8.31. The van der Waals surface area contributed by atoms with Gasteiger partial charge in [0, 0.05) is 38.9 Å². The number of aromatic nitrogens is 1. The molecule has 0 spiro atoms. The predicted octanol–water partition coefficient (Wildman–Crippen LogP) is 2.70. The van der Waals surface area contributed by atoms with E-state index in [-0.39, 0.29) is 30.3 Å². The fourth-order valence-corrected chi connectivity index (χ4v) is 4.09. The zero-order chi connectivity index (χ0) is 22.3. The average Bonchev–Trinajstić information content (AvgIpc) is 3.30. The number of hydrogen-bond donors (Lipinski definition) is 1. The number of nitrogens with one attached hydrogen (secondary N) is 1. The summed E-state index contributed by atoms with van der Waals surface area (Å²) in [6, 6.07) is 11.0. The van der Waals surface area contributed by atoms with Crippen LogP contribution < -0.4 is 14.8 Å². The van der Waals surface area contributed by atoms with Crippen molar-refractivity contribution in [2.24, 2.45) is 0 Å². The molecule has 1 fully saturated rings. The van der Waals surface area contributed by atoms with Gasteiger partial charge >= 0.3 is 0 Å². The van der Waals surface area contributed by atoms with E-state index in [1.165, 1.54) is 12.8 Å². The molecular weight excluding hydrogens is 408 g/mol. The number of fused-ring (bicyclic) bond motifs is 2. The summed E-state index contributed by atoms with van der Waals surface area (Å²) in [4.78, 5) is 33.6. The number of rotatable bonds is 3. The van der Waals surface area contributed by atoms with Gasteiger partial charge in [-0.1, -0.05) is 25.0 Å². The van der Waals surface area contributed by atoms with Crippen LogP contribution in [0.2, 0.25) is 0 Å². The molecule has 0 unspecified atom stereocenters.